The summed E-state index contributed by atoms with van der Waals surface area (Å²) in [6.45, 7) is 3.48. The fraction of sp³-hybridized carbons (Fsp3) is 0.0682. The Balaban J connectivity index is 1.52. The van der Waals surface area contributed by atoms with E-state index in [9.17, 15) is 4.79 Å². The summed E-state index contributed by atoms with van der Waals surface area (Å²) in [5.74, 6) is 0.572. The van der Waals surface area contributed by atoms with Crippen LogP contribution in [0.3, 0.4) is 0 Å². The molecule has 3 heteroatoms. The van der Waals surface area contributed by atoms with Crippen molar-refractivity contribution in [3.63, 3.8) is 0 Å². The third kappa shape index (κ3) is 5.57. The SMILES string of the molecule is CO/C(C)=C(\C(C)=O)c1c2ccccc2c(N(c2ccc(-c3ccccc3)cc2)c2ccc(-c3ccccc3)cc2)c2ccccc12. The zero-order valence-electron chi connectivity index (χ0n) is 26.8. The van der Waals surface area contributed by atoms with Crippen LogP contribution in [-0.4, -0.2) is 12.9 Å². The van der Waals surface area contributed by atoms with E-state index in [1.807, 2.05) is 31.2 Å². The number of methoxy groups -OCH3 is 1. The van der Waals surface area contributed by atoms with Gasteiger partial charge >= 0.3 is 0 Å². The molecule has 0 aliphatic heterocycles. The third-order valence-corrected chi connectivity index (χ3v) is 8.85. The Hall–Kier alpha value is -5.93. The fourth-order valence-corrected chi connectivity index (χ4v) is 6.59. The first-order chi connectivity index (χ1) is 23.0. The highest BCUT2D eigenvalue weighted by atomic mass is 16.5. The third-order valence-electron chi connectivity index (χ3n) is 8.85. The number of ether oxygens (including phenoxy) is 1. The van der Waals surface area contributed by atoms with Crippen molar-refractivity contribution < 1.29 is 9.53 Å². The second kappa shape index (κ2) is 12.8. The molecule has 0 unspecified atom stereocenters. The molecule has 0 radical (unpaired) electrons. The first-order valence-electron chi connectivity index (χ1n) is 15.9. The number of benzene rings is 7. The van der Waals surface area contributed by atoms with Gasteiger partial charge in [0.05, 0.1) is 18.4 Å². The molecular weight excluding hydrogens is 574 g/mol. The van der Waals surface area contributed by atoms with Crippen molar-refractivity contribution in [3.05, 3.63) is 169 Å². The summed E-state index contributed by atoms with van der Waals surface area (Å²) >= 11 is 0. The summed E-state index contributed by atoms with van der Waals surface area (Å²) in [6, 6.07) is 55.2. The van der Waals surface area contributed by atoms with Crippen LogP contribution in [0.4, 0.5) is 17.1 Å². The smallest absolute Gasteiger partial charge is 0.163 e. The van der Waals surface area contributed by atoms with Crippen LogP contribution in [-0.2, 0) is 9.53 Å². The van der Waals surface area contributed by atoms with Crippen LogP contribution in [0.5, 0.6) is 0 Å². The van der Waals surface area contributed by atoms with E-state index < -0.39 is 0 Å². The van der Waals surface area contributed by atoms with Crippen LogP contribution >= 0.6 is 0 Å². The summed E-state index contributed by atoms with van der Waals surface area (Å²) in [5.41, 5.74) is 9.28. The van der Waals surface area contributed by atoms with Crippen LogP contribution in [0.2, 0.25) is 0 Å². The van der Waals surface area contributed by atoms with Crippen molar-refractivity contribution in [2.75, 3.05) is 12.0 Å². The monoisotopic (exact) mass is 609 g/mol. The maximum absolute atomic E-state index is 13.2. The molecule has 7 rings (SSSR count). The highest BCUT2D eigenvalue weighted by Gasteiger charge is 2.25. The minimum Gasteiger partial charge on any atom is -0.501 e. The van der Waals surface area contributed by atoms with E-state index in [4.69, 9.17) is 4.74 Å². The zero-order valence-corrected chi connectivity index (χ0v) is 26.8. The van der Waals surface area contributed by atoms with Crippen LogP contribution in [0.25, 0.3) is 49.4 Å². The molecule has 47 heavy (non-hydrogen) atoms. The van der Waals surface area contributed by atoms with E-state index in [2.05, 4.69) is 138 Å². The fourth-order valence-electron chi connectivity index (χ4n) is 6.59. The normalized spacial score (nSPS) is 11.7. The lowest BCUT2D eigenvalue weighted by atomic mass is 9.88. The Morgan fingerprint density at radius 1 is 0.468 bits per heavy atom. The minimum absolute atomic E-state index is 0.0303. The molecule has 7 aromatic rings. The first-order valence-corrected chi connectivity index (χ1v) is 15.9. The number of ketones is 1. The molecule has 0 bridgehead atoms. The van der Waals surface area contributed by atoms with Crippen LogP contribution in [0.1, 0.15) is 19.4 Å². The first kappa shape index (κ1) is 29.8. The van der Waals surface area contributed by atoms with Crippen molar-refractivity contribution >= 4 is 50.0 Å². The molecule has 0 atom stereocenters. The lowest BCUT2D eigenvalue weighted by Crippen LogP contribution is -2.12. The minimum atomic E-state index is -0.0303. The van der Waals surface area contributed by atoms with Crippen molar-refractivity contribution in [2.24, 2.45) is 0 Å². The van der Waals surface area contributed by atoms with Gasteiger partial charge in [0.1, 0.15) is 5.76 Å². The number of nitrogens with zero attached hydrogens (tertiary/aromatic N) is 1. The van der Waals surface area contributed by atoms with Crippen LogP contribution in [0, 0.1) is 0 Å². The molecule has 0 amide bonds. The molecule has 228 valence electrons. The van der Waals surface area contributed by atoms with E-state index in [-0.39, 0.29) is 5.78 Å². The highest BCUT2D eigenvalue weighted by Crippen LogP contribution is 2.47. The number of carbonyl (C=O) groups excluding carboxylic acids is 1. The van der Waals surface area contributed by atoms with Gasteiger partial charge in [-0.2, -0.15) is 0 Å². The lowest BCUT2D eigenvalue weighted by molar-refractivity contribution is -0.111. The maximum atomic E-state index is 13.2. The van der Waals surface area contributed by atoms with E-state index in [0.29, 0.717) is 11.3 Å². The van der Waals surface area contributed by atoms with Gasteiger partial charge in [0.15, 0.2) is 5.78 Å². The topological polar surface area (TPSA) is 29.5 Å². The molecule has 0 saturated carbocycles. The molecule has 0 spiro atoms. The quantitative estimate of drug-likeness (QED) is 0.0975. The molecule has 0 saturated heterocycles. The Morgan fingerprint density at radius 2 is 0.830 bits per heavy atom. The number of hydrogen-bond acceptors (Lipinski definition) is 3. The molecule has 3 nitrogen and oxygen atoms in total. The van der Waals surface area contributed by atoms with Gasteiger partial charge in [-0.1, -0.05) is 133 Å². The number of hydrogen-bond donors (Lipinski definition) is 0. The molecule has 0 N–H and O–H groups in total. The molecule has 0 aromatic heterocycles. The summed E-state index contributed by atoms with van der Waals surface area (Å²) in [5, 5.41) is 4.08. The van der Waals surface area contributed by atoms with Gasteiger partial charge < -0.3 is 9.64 Å². The van der Waals surface area contributed by atoms with Gasteiger partial charge in [-0.3, -0.25) is 4.79 Å². The summed E-state index contributed by atoms with van der Waals surface area (Å²) in [6.07, 6.45) is 0. The number of fused-ring (bicyclic) bond motifs is 2. The van der Waals surface area contributed by atoms with Crippen molar-refractivity contribution in [1.29, 1.82) is 0 Å². The van der Waals surface area contributed by atoms with Crippen molar-refractivity contribution in [2.45, 2.75) is 13.8 Å². The van der Waals surface area contributed by atoms with Gasteiger partial charge in [0.2, 0.25) is 0 Å². The number of rotatable bonds is 8. The van der Waals surface area contributed by atoms with E-state index >= 15 is 0 Å². The van der Waals surface area contributed by atoms with E-state index in [1.165, 1.54) is 11.1 Å². The van der Waals surface area contributed by atoms with Gasteiger partial charge in [-0.15, -0.1) is 0 Å². The largest absolute Gasteiger partial charge is 0.501 e. The Bertz CT molecular complexity index is 2090. The number of allylic oxidation sites excluding steroid dienone is 2. The van der Waals surface area contributed by atoms with Crippen molar-refractivity contribution in [3.8, 4) is 22.3 Å². The molecule has 0 fully saturated rings. The molecule has 0 aliphatic carbocycles. The second-order valence-electron chi connectivity index (χ2n) is 11.7. The zero-order chi connectivity index (χ0) is 32.3. The van der Waals surface area contributed by atoms with Gasteiger partial charge in [-0.25, -0.2) is 0 Å². The van der Waals surface area contributed by atoms with E-state index in [1.54, 1.807) is 14.0 Å². The second-order valence-corrected chi connectivity index (χ2v) is 11.7. The van der Waals surface area contributed by atoms with Gasteiger partial charge in [-0.05, 0) is 71.1 Å². The van der Waals surface area contributed by atoms with E-state index in [0.717, 1.165) is 55.3 Å². The molecule has 7 aromatic carbocycles. The average molecular weight is 610 g/mol. The summed E-state index contributed by atoms with van der Waals surface area (Å²) in [7, 11) is 1.62. The number of Topliss-reactive ketones (excluding diaryl/α,β-unsaturated/α-hetero) is 1. The summed E-state index contributed by atoms with van der Waals surface area (Å²) in [4.78, 5) is 15.6. The maximum Gasteiger partial charge on any atom is 0.163 e. The molecular formula is C44H35NO2. The highest BCUT2D eigenvalue weighted by molar-refractivity contribution is 6.30. The number of carbonyl (C=O) groups is 1. The van der Waals surface area contributed by atoms with Crippen LogP contribution < -0.4 is 4.90 Å². The van der Waals surface area contributed by atoms with Crippen molar-refractivity contribution in [1.82, 2.24) is 0 Å². The Morgan fingerprint density at radius 3 is 1.21 bits per heavy atom. The van der Waals surface area contributed by atoms with Gasteiger partial charge in [0, 0.05) is 27.7 Å². The predicted molar refractivity (Wildman–Crippen MR) is 197 cm³/mol. The van der Waals surface area contributed by atoms with Gasteiger partial charge in [0.25, 0.3) is 0 Å². The Kier molecular flexibility index (Phi) is 8.12. The molecule has 0 heterocycles. The Labute approximate surface area is 276 Å². The molecule has 0 aliphatic rings. The predicted octanol–water partition coefficient (Wildman–Crippen LogP) is 11.8. The summed E-state index contributed by atoms with van der Waals surface area (Å²) < 4.78 is 5.69. The lowest BCUT2D eigenvalue weighted by Gasteiger charge is -2.30. The standard InChI is InChI=1S/C44H35NO2/c1-30(46)42(31(2)47-3)43-38-18-10-12-20-40(38)44(41-21-13-11-19-39(41)43)45(36-26-22-34(23-27-36)32-14-6-4-7-15-32)37-28-24-35(25-29-37)33-16-8-5-9-17-33/h4-29H,1-3H3/b42-31+. The van der Waals surface area contributed by atoms with Crippen LogP contribution in [0.15, 0.2) is 163 Å². The average Bonchev–Trinajstić information content (AvgIpc) is 3.13. The number of anilines is 3.